The molecule has 225 valence electrons. The van der Waals surface area contributed by atoms with Crippen LogP contribution in [0.2, 0.25) is 18.1 Å². The first-order valence-electron chi connectivity index (χ1n) is 14.8. The van der Waals surface area contributed by atoms with Gasteiger partial charge in [0.2, 0.25) is 5.95 Å². The van der Waals surface area contributed by atoms with Crippen molar-refractivity contribution in [1.82, 2.24) is 19.7 Å². The van der Waals surface area contributed by atoms with E-state index in [0.29, 0.717) is 36.3 Å². The molecule has 2 aliphatic heterocycles. The van der Waals surface area contributed by atoms with Gasteiger partial charge in [0.1, 0.15) is 18.1 Å². The fourth-order valence-electron chi connectivity index (χ4n) is 5.51. The summed E-state index contributed by atoms with van der Waals surface area (Å²) in [4.78, 5) is 22.8. The van der Waals surface area contributed by atoms with Crippen LogP contribution in [0.4, 0.5) is 17.5 Å². The molecule has 1 radical (unpaired) electrons. The van der Waals surface area contributed by atoms with E-state index in [1.165, 1.54) is 7.41 Å². The van der Waals surface area contributed by atoms with E-state index in [-0.39, 0.29) is 5.04 Å². The molecule has 0 saturated carbocycles. The van der Waals surface area contributed by atoms with E-state index >= 15 is 0 Å². The summed E-state index contributed by atoms with van der Waals surface area (Å²) < 4.78 is 14.2. The van der Waals surface area contributed by atoms with Crippen molar-refractivity contribution in [3.63, 3.8) is 0 Å². The molecule has 1 aromatic carbocycles. The van der Waals surface area contributed by atoms with Crippen LogP contribution in [0.5, 0.6) is 0 Å². The fraction of sp³-hybridized carbons (Fsp3) is 0.516. The number of ether oxygens (including phenoxy) is 1. The predicted molar refractivity (Wildman–Crippen MR) is 172 cm³/mol. The van der Waals surface area contributed by atoms with E-state index in [4.69, 9.17) is 14.1 Å². The third-order valence-electron chi connectivity index (χ3n) is 9.03. The summed E-state index contributed by atoms with van der Waals surface area (Å²) in [6.07, 6.45) is 3.51. The lowest BCUT2D eigenvalue weighted by atomic mass is 9.83. The van der Waals surface area contributed by atoms with E-state index in [1.54, 1.807) is 6.20 Å². The zero-order chi connectivity index (χ0) is 31.0. The zero-order valence-corrected chi connectivity index (χ0v) is 27.3. The standard InChI is InChI=1S/C31H41BN7O3Si/c1-21-12-27(39(37-21)16-22-9-11-41-17-22)36-29-34-10-8-26(35-29)23-13-24(15-33)28-25(14-23)31(5,18-38(28)32-20-40)19-42-43(6,7)30(2,3)4/h8,10,12-14,20,22H,9,11,16-19H2,1-7H3,(H,34,35,36)/t22?,31-/m1/s1. The Bertz CT molecular complexity index is 1540. The van der Waals surface area contributed by atoms with Crippen LogP contribution in [0.1, 0.15) is 50.9 Å². The van der Waals surface area contributed by atoms with Gasteiger partial charge >= 0.3 is 7.41 Å². The van der Waals surface area contributed by atoms with Gasteiger partial charge in [-0.25, -0.2) is 14.6 Å². The van der Waals surface area contributed by atoms with E-state index in [1.807, 2.05) is 34.6 Å². The Morgan fingerprint density at radius 3 is 2.79 bits per heavy atom. The number of nitrogens with one attached hydrogen (secondary N) is 1. The van der Waals surface area contributed by atoms with Gasteiger partial charge in [-0.1, -0.05) is 27.7 Å². The van der Waals surface area contributed by atoms with Gasteiger partial charge in [0, 0.05) is 61.2 Å². The minimum absolute atomic E-state index is 0.0578. The molecule has 2 atom stereocenters. The van der Waals surface area contributed by atoms with Crippen LogP contribution >= 0.6 is 0 Å². The second-order valence-electron chi connectivity index (χ2n) is 13.5. The summed E-state index contributed by atoms with van der Waals surface area (Å²) in [7, 11) is -0.540. The molecule has 12 heteroatoms. The lowest BCUT2D eigenvalue weighted by Gasteiger charge is -2.39. The minimum Gasteiger partial charge on any atom is -0.416 e. The van der Waals surface area contributed by atoms with Gasteiger partial charge < -0.3 is 24.1 Å². The number of hydrogen-bond acceptors (Lipinski definition) is 9. The Morgan fingerprint density at radius 2 is 2.12 bits per heavy atom. The maximum absolute atomic E-state index is 11.6. The number of fused-ring (bicyclic) bond motifs is 1. The molecular weight excluding hydrogens is 557 g/mol. The number of nitriles is 1. The number of nitrogens with zero attached hydrogens (tertiary/aromatic N) is 6. The molecule has 1 fully saturated rings. The van der Waals surface area contributed by atoms with Gasteiger partial charge in [0.05, 0.1) is 23.6 Å². The van der Waals surface area contributed by atoms with E-state index < -0.39 is 13.7 Å². The molecular formula is C31H41BN7O3Si. The second-order valence-corrected chi connectivity index (χ2v) is 18.3. The SMILES string of the molecule is Cc1cc(Nc2nccc(-c3cc(C#N)c4c(c3)[C@@](C)(CO[Si](C)(C)C(C)(C)C)CN4[B]C=O)n2)n(CC2CCOC2)n1. The highest BCUT2D eigenvalue weighted by Gasteiger charge is 2.44. The third kappa shape index (κ3) is 6.39. The largest absolute Gasteiger partial charge is 0.416 e. The van der Waals surface area contributed by atoms with Crippen LogP contribution in [0.15, 0.2) is 30.5 Å². The molecule has 3 aromatic rings. The summed E-state index contributed by atoms with van der Waals surface area (Å²) >= 11 is 0. The van der Waals surface area contributed by atoms with Crippen LogP contribution in [-0.2, 0) is 25.9 Å². The van der Waals surface area contributed by atoms with Crippen LogP contribution in [0, 0.1) is 24.2 Å². The Balaban J connectivity index is 1.48. The van der Waals surface area contributed by atoms with Crippen molar-refractivity contribution in [2.24, 2.45) is 5.92 Å². The summed E-state index contributed by atoms with van der Waals surface area (Å²) in [5.74, 6) is 1.69. The maximum atomic E-state index is 11.6. The van der Waals surface area contributed by atoms with Crippen molar-refractivity contribution in [1.29, 1.82) is 5.26 Å². The topological polar surface area (TPSA) is 118 Å². The van der Waals surface area contributed by atoms with Crippen molar-refractivity contribution in [3.8, 4) is 17.3 Å². The number of hydrogen-bond donors (Lipinski definition) is 1. The monoisotopic (exact) mass is 598 g/mol. The first-order chi connectivity index (χ1) is 20.3. The Labute approximate surface area is 256 Å². The Morgan fingerprint density at radius 1 is 1.33 bits per heavy atom. The lowest BCUT2D eigenvalue weighted by Crippen LogP contribution is -2.46. The van der Waals surface area contributed by atoms with E-state index in [9.17, 15) is 10.1 Å². The second kappa shape index (κ2) is 11.9. The molecule has 0 amide bonds. The molecule has 2 aliphatic rings. The van der Waals surface area contributed by atoms with Crippen LogP contribution in [0.25, 0.3) is 11.3 Å². The van der Waals surface area contributed by atoms with Crippen LogP contribution in [-0.4, -0.2) is 68.0 Å². The molecule has 43 heavy (non-hydrogen) atoms. The van der Waals surface area contributed by atoms with Gasteiger partial charge in [-0.3, -0.25) is 0 Å². The summed E-state index contributed by atoms with van der Waals surface area (Å²) in [6.45, 7) is 18.6. The van der Waals surface area contributed by atoms with E-state index in [2.05, 4.69) is 68.3 Å². The third-order valence-corrected chi connectivity index (χ3v) is 13.5. The number of carbonyl (C=O) groups excluding carboxylic acids is 1. The molecule has 1 N–H and O–H groups in total. The predicted octanol–water partition coefficient (Wildman–Crippen LogP) is 5.21. The van der Waals surface area contributed by atoms with Gasteiger partial charge in [-0.15, -0.1) is 0 Å². The highest BCUT2D eigenvalue weighted by Crippen LogP contribution is 2.46. The average molecular weight is 599 g/mol. The van der Waals surface area contributed by atoms with Crippen LogP contribution in [0.3, 0.4) is 0 Å². The number of anilines is 3. The van der Waals surface area contributed by atoms with Crippen molar-refractivity contribution in [2.45, 2.75) is 71.1 Å². The summed E-state index contributed by atoms with van der Waals surface area (Å²) in [5.41, 5.74) is 4.18. The van der Waals surface area contributed by atoms with Crippen LogP contribution < -0.4 is 10.1 Å². The smallest absolute Gasteiger partial charge is 0.329 e. The summed E-state index contributed by atoms with van der Waals surface area (Å²) in [5, 5.41) is 18.3. The maximum Gasteiger partial charge on any atom is 0.329 e. The molecule has 0 bridgehead atoms. The quantitative estimate of drug-likeness (QED) is 0.248. The van der Waals surface area contributed by atoms with Gasteiger partial charge in [-0.05, 0) is 55.2 Å². The highest BCUT2D eigenvalue weighted by molar-refractivity contribution is 6.74. The van der Waals surface area contributed by atoms with Gasteiger partial charge in [0.15, 0.2) is 8.32 Å². The molecule has 4 heterocycles. The number of aryl methyl sites for hydroxylation is 1. The number of rotatable bonds is 10. The van der Waals surface area contributed by atoms with Gasteiger partial charge in [0.25, 0.3) is 0 Å². The number of carbonyl (C=O) groups is 1. The van der Waals surface area contributed by atoms with Crippen molar-refractivity contribution < 1.29 is 14.0 Å². The molecule has 0 aliphatic carbocycles. The van der Waals surface area contributed by atoms with E-state index in [0.717, 1.165) is 60.7 Å². The highest BCUT2D eigenvalue weighted by atomic mass is 28.4. The normalized spacial score (nSPS) is 20.1. The Kier molecular flexibility index (Phi) is 8.53. The first kappa shape index (κ1) is 30.9. The zero-order valence-electron chi connectivity index (χ0n) is 26.3. The molecule has 2 aromatic heterocycles. The molecule has 0 spiro atoms. The van der Waals surface area contributed by atoms with Gasteiger partial charge in [-0.2, -0.15) is 10.4 Å². The first-order valence-corrected chi connectivity index (χ1v) is 17.7. The molecule has 1 saturated heterocycles. The van der Waals surface area contributed by atoms with Crippen molar-refractivity contribution >= 4 is 39.4 Å². The lowest BCUT2D eigenvalue weighted by molar-refractivity contribution is 0.181. The number of aromatic nitrogens is 4. The Hall–Kier alpha value is -3.53. The van der Waals surface area contributed by atoms with Crippen molar-refractivity contribution in [2.75, 3.05) is 36.5 Å². The molecule has 10 nitrogen and oxygen atoms in total. The number of benzene rings is 1. The van der Waals surface area contributed by atoms with Crippen molar-refractivity contribution in [3.05, 3.63) is 47.3 Å². The minimum atomic E-state index is -2.05. The average Bonchev–Trinajstić information content (AvgIpc) is 3.66. The molecule has 1 unspecified atom stereocenters. The summed E-state index contributed by atoms with van der Waals surface area (Å²) in [6, 6.07) is 10.1. The fourth-order valence-corrected chi connectivity index (χ4v) is 6.62. The molecule has 5 rings (SSSR count).